The summed E-state index contributed by atoms with van der Waals surface area (Å²) in [7, 11) is -3.88. The van der Waals surface area contributed by atoms with Gasteiger partial charge >= 0.3 is 0 Å². The third-order valence-corrected chi connectivity index (χ3v) is 6.98. The molecule has 0 radical (unpaired) electrons. The Bertz CT molecular complexity index is 1200. The second kappa shape index (κ2) is 11.5. The van der Waals surface area contributed by atoms with Gasteiger partial charge in [0, 0.05) is 11.6 Å². The number of aromatic hydroxyl groups is 1. The van der Waals surface area contributed by atoms with Crippen LogP contribution >= 0.6 is 24.0 Å². The number of nitrogens with one attached hydrogen (secondary N) is 1. The smallest absolute Gasteiger partial charge is 0.252 e. The van der Waals surface area contributed by atoms with E-state index in [0.717, 1.165) is 23.3 Å². The maximum Gasteiger partial charge on any atom is 0.252 e. The Morgan fingerprint density at radius 1 is 1.00 bits per heavy atom. The van der Waals surface area contributed by atoms with E-state index in [1.54, 1.807) is 36.4 Å². The molecule has 0 unspecified atom stereocenters. The van der Waals surface area contributed by atoms with Crippen molar-refractivity contribution in [3.8, 4) is 5.75 Å². The predicted octanol–water partition coefficient (Wildman–Crippen LogP) is 3.26. The summed E-state index contributed by atoms with van der Waals surface area (Å²) in [4.78, 5) is 11.3. The van der Waals surface area contributed by atoms with Crippen molar-refractivity contribution in [2.45, 2.75) is 22.3 Å². The second-order valence-electron chi connectivity index (χ2n) is 7.21. The van der Waals surface area contributed by atoms with Gasteiger partial charge in [-0.25, -0.2) is 8.42 Å². The van der Waals surface area contributed by atoms with Gasteiger partial charge in [-0.15, -0.1) is 12.4 Å². The Morgan fingerprint density at radius 3 is 2.21 bits per heavy atom. The molecule has 5 N–H and O–H groups in total. The molecule has 33 heavy (non-hydrogen) atoms. The van der Waals surface area contributed by atoms with Crippen molar-refractivity contribution < 1.29 is 23.4 Å². The van der Waals surface area contributed by atoms with Gasteiger partial charge in [-0.3, -0.25) is 4.79 Å². The first-order valence-electron chi connectivity index (χ1n) is 9.79. The van der Waals surface area contributed by atoms with Crippen molar-refractivity contribution in [1.82, 2.24) is 5.32 Å². The number of halogens is 2. The van der Waals surface area contributed by atoms with E-state index in [1.165, 1.54) is 18.2 Å². The summed E-state index contributed by atoms with van der Waals surface area (Å²) in [6.07, 6.45) is -0.0195. The van der Waals surface area contributed by atoms with Crippen LogP contribution in [0.25, 0.3) is 0 Å². The van der Waals surface area contributed by atoms with Crippen LogP contribution in [0.1, 0.15) is 27.6 Å². The first-order valence-corrected chi connectivity index (χ1v) is 11.7. The molecule has 3 rings (SSSR count). The topological polar surface area (TPSA) is 130 Å². The van der Waals surface area contributed by atoms with Crippen LogP contribution in [0, 0.1) is 0 Å². The molecule has 3 aromatic rings. The van der Waals surface area contributed by atoms with Gasteiger partial charge in [-0.2, -0.15) is 0 Å². The summed E-state index contributed by atoms with van der Waals surface area (Å²) < 4.78 is 25.7. The molecule has 176 valence electrons. The molecule has 0 saturated carbocycles. The molecule has 0 aliphatic carbocycles. The van der Waals surface area contributed by atoms with Crippen molar-refractivity contribution in [2.75, 3.05) is 13.1 Å². The summed E-state index contributed by atoms with van der Waals surface area (Å²) >= 11 is 5.85. The highest BCUT2D eigenvalue weighted by Gasteiger charge is 2.20. The zero-order valence-electron chi connectivity index (χ0n) is 17.4. The largest absolute Gasteiger partial charge is 0.507 e. The minimum absolute atomic E-state index is 0. The lowest BCUT2D eigenvalue weighted by atomic mass is 10.1. The monoisotopic (exact) mass is 510 g/mol. The van der Waals surface area contributed by atoms with Crippen LogP contribution < -0.4 is 11.1 Å². The molecular weight excluding hydrogens is 487 g/mol. The molecule has 0 fully saturated rings. The normalized spacial score (nSPS) is 12.1. The Kier molecular flexibility index (Phi) is 9.27. The van der Waals surface area contributed by atoms with Crippen LogP contribution in [0.3, 0.4) is 0 Å². The van der Waals surface area contributed by atoms with E-state index < -0.39 is 21.8 Å². The minimum atomic E-state index is -3.88. The van der Waals surface area contributed by atoms with Gasteiger partial charge < -0.3 is 21.3 Å². The summed E-state index contributed by atoms with van der Waals surface area (Å²) in [5, 5.41) is 23.6. The number of aliphatic hydroxyl groups is 1. The van der Waals surface area contributed by atoms with E-state index in [2.05, 4.69) is 5.32 Å². The maximum atomic E-state index is 12.8. The van der Waals surface area contributed by atoms with Gasteiger partial charge in [-0.05, 0) is 66.6 Å². The highest BCUT2D eigenvalue weighted by Crippen LogP contribution is 2.26. The van der Waals surface area contributed by atoms with Crippen molar-refractivity contribution >= 4 is 39.8 Å². The lowest BCUT2D eigenvalue weighted by molar-refractivity contribution is 0.0997. The van der Waals surface area contributed by atoms with Crippen LogP contribution in [0.5, 0.6) is 5.75 Å². The fraction of sp³-hybridized carbons (Fsp3) is 0.174. The SMILES string of the molecule is Cl.NC(=O)c1cc(S(=O)(=O)c2ccc(CCNC[C@@H](O)c3ccc(Cl)cc3)cc2)ccc1O. The molecular formula is C23H24Cl2N2O5S. The third kappa shape index (κ3) is 6.69. The Balaban J connectivity index is 0.00000385. The predicted molar refractivity (Wildman–Crippen MR) is 129 cm³/mol. The third-order valence-electron chi connectivity index (χ3n) is 4.96. The molecule has 10 heteroatoms. The lowest BCUT2D eigenvalue weighted by Crippen LogP contribution is -2.23. The molecule has 3 aromatic carbocycles. The van der Waals surface area contributed by atoms with Crippen LogP contribution in [0.2, 0.25) is 5.02 Å². The summed E-state index contributed by atoms with van der Waals surface area (Å²) in [6, 6.07) is 16.8. The highest BCUT2D eigenvalue weighted by atomic mass is 35.5. The molecule has 0 aliphatic rings. The number of nitrogens with two attached hydrogens (primary N) is 1. The number of hydrogen-bond donors (Lipinski definition) is 4. The molecule has 0 heterocycles. The minimum Gasteiger partial charge on any atom is -0.507 e. The zero-order chi connectivity index (χ0) is 23.3. The number of carbonyl (C=O) groups is 1. The van der Waals surface area contributed by atoms with Crippen LogP contribution in [-0.4, -0.2) is 37.6 Å². The summed E-state index contributed by atoms with van der Waals surface area (Å²) in [5.41, 5.74) is 6.61. The number of sulfone groups is 1. The van der Waals surface area contributed by atoms with Gasteiger partial charge in [0.05, 0.1) is 21.5 Å². The molecule has 0 bridgehead atoms. The number of phenols is 1. The average Bonchev–Trinajstić information content (AvgIpc) is 2.77. The fourth-order valence-corrected chi connectivity index (χ4v) is 4.54. The molecule has 1 atom stereocenters. The van der Waals surface area contributed by atoms with Crippen molar-refractivity contribution in [1.29, 1.82) is 0 Å². The van der Waals surface area contributed by atoms with Crippen LogP contribution in [0.15, 0.2) is 76.5 Å². The Morgan fingerprint density at radius 2 is 1.61 bits per heavy atom. The van der Waals surface area contributed by atoms with E-state index in [1.807, 2.05) is 0 Å². The maximum absolute atomic E-state index is 12.8. The van der Waals surface area contributed by atoms with Gasteiger partial charge in [0.2, 0.25) is 9.84 Å². The Hall–Kier alpha value is -2.62. The quantitative estimate of drug-likeness (QED) is 0.327. The first-order chi connectivity index (χ1) is 15.2. The number of aliphatic hydroxyl groups excluding tert-OH is 1. The number of benzene rings is 3. The van der Waals surface area contributed by atoms with Crippen LogP contribution in [-0.2, 0) is 16.3 Å². The van der Waals surface area contributed by atoms with Crippen molar-refractivity contribution in [3.05, 3.63) is 88.4 Å². The van der Waals surface area contributed by atoms with Gasteiger partial charge in [-0.1, -0.05) is 35.9 Å². The van der Waals surface area contributed by atoms with E-state index in [0.29, 0.717) is 24.5 Å². The number of hydrogen-bond acceptors (Lipinski definition) is 6. The molecule has 0 aliphatic heterocycles. The number of carbonyl (C=O) groups excluding carboxylic acids is 1. The molecule has 7 nitrogen and oxygen atoms in total. The number of rotatable bonds is 9. The lowest BCUT2D eigenvalue weighted by Gasteiger charge is -2.12. The first kappa shape index (κ1) is 26.6. The number of amides is 1. The summed E-state index contributed by atoms with van der Waals surface area (Å²) in [6.45, 7) is 0.966. The highest BCUT2D eigenvalue weighted by molar-refractivity contribution is 7.91. The standard InChI is InChI=1S/C23H23ClN2O5S.ClH/c24-17-5-3-16(4-6-17)22(28)14-26-12-11-15-1-7-18(8-2-15)32(30,31)19-9-10-21(27)20(13-19)23(25)29;/h1-10,13,22,26-28H,11-12,14H2,(H2,25,29);1H/t22-;/m1./s1. The fourth-order valence-electron chi connectivity index (χ4n) is 3.13. The molecule has 0 saturated heterocycles. The van der Waals surface area contributed by atoms with Gasteiger partial charge in [0.25, 0.3) is 5.91 Å². The van der Waals surface area contributed by atoms with E-state index in [9.17, 15) is 23.4 Å². The second-order valence-corrected chi connectivity index (χ2v) is 9.60. The molecule has 1 amide bonds. The van der Waals surface area contributed by atoms with Crippen molar-refractivity contribution in [3.63, 3.8) is 0 Å². The Labute approximate surface area is 203 Å². The zero-order valence-corrected chi connectivity index (χ0v) is 19.8. The van der Waals surface area contributed by atoms with Crippen LogP contribution in [0.4, 0.5) is 0 Å². The van der Waals surface area contributed by atoms with E-state index in [4.69, 9.17) is 17.3 Å². The van der Waals surface area contributed by atoms with Crippen molar-refractivity contribution in [2.24, 2.45) is 5.73 Å². The molecule has 0 spiro atoms. The average molecular weight is 511 g/mol. The molecule has 0 aromatic heterocycles. The van der Waals surface area contributed by atoms with Gasteiger partial charge in [0.1, 0.15) is 5.75 Å². The van der Waals surface area contributed by atoms with E-state index in [-0.39, 0.29) is 33.5 Å². The van der Waals surface area contributed by atoms with E-state index >= 15 is 0 Å². The number of primary amides is 1. The summed E-state index contributed by atoms with van der Waals surface area (Å²) in [5.74, 6) is -1.29. The van der Waals surface area contributed by atoms with Gasteiger partial charge in [0.15, 0.2) is 0 Å².